The van der Waals surface area contributed by atoms with E-state index in [0.29, 0.717) is 0 Å². The second kappa shape index (κ2) is 6.55. The third-order valence-electron chi connectivity index (χ3n) is 4.39. The molecule has 18 heavy (non-hydrogen) atoms. The van der Waals surface area contributed by atoms with Crippen molar-refractivity contribution in [2.45, 2.75) is 82.8 Å². The van der Waals surface area contributed by atoms with Crippen LogP contribution >= 0.6 is 0 Å². The van der Waals surface area contributed by atoms with Crippen LogP contribution in [0.2, 0.25) is 0 Å². The molecule has 2 rings (SSSR count). The van der Waals surface area contributed by atoms with Gasteiger partial charge in [0.25, 0.3) is 0 Å². The molecule has 2 fully saturated rings. The standard InChI is InChI=1S/C15H27NO2/c1-2-10-15(11-7-12-16-15)14(17)18-13-8-5-3-4-6-9-13/h13,16H,2-12H2,1H3. The molecular formula is C15H27NO2. The summed E-state index contributed by atoms with van der Waals surface area (Å²) < 4.78 is 5.81. The maximum atomic E-state index is 12.5. The molecule has 0 amide bonds. The van der Waals surface area contributed by atoms with Crippen molar-refractivity contribution in [3.8, 4) is 0 Å². The molecule has 1 aliphatic heterocycles. The lowest BCUT2D eigenvalue weighted by Crippen LogP contribution is -2.49. The fraction of sp³-hybridized carbons (Fsp3) is 0.933. The van der Waals surface area contributed by atoms with E-state index < -0.39 is 0 Å². The van der Waals surface area contributed by atoms with Gasteiger partial charge in [-0.3, -0.25) is 4.79 Å². The van der Waals surface area contributed by atoms with Crippen LogP contribution in [-0.4, -0.2) is 24.2 Å². The van der Waals surface area contributed by atoms with Crippen LogP contribution in [0.1, 0.15) is 71.1 Å². The van der Waals surface area contributed by atoms with Crippen LogP contribution in [0.4, 0.5) is 0 Å². The van der Waals surface area contributed by atoms with Gasteiger partial charge in [0, 0.05) is 0 Å². The van der Waals surface area contributed by atoms with Gasteiger partial charge in [-0.05, 0) is 51.5 Å². The van der Waals surface area contributed by atoms with Crippen molar-refractivity contribution < 1.29 is 9.53 Å². The van der Waals surface area contributed by atoms with E-state index in [4.69, 9.17) is 4.74 Å². The summed E-state index contributed by atoms with van der Waals surface area (Å²) in [6, 6.07) is 0. The average Bonchev–Trinajstić information content (AvgIpc) is 2.69. The first-order chi connectivity index (χ1) is 8.77. The number of rotatable bonds is 4. The van der Waals surface area contributed by atoms with Gasteiger partial charge in [-0.25, -0.2) is 0 Å². The first-order valence-corrected chi connectivity index (χ1v) is 7.73. The molecule has 0 aromatic carbocycles. The zero-order chi connectivity index (χ0) is 12.8. The summed E-state index contributed by atoms with van der Waals surface area (Å²) in [4.78, 5) is 12.5. The van der Waals surface area contributed by atoms with Crippen molar-refractivity contribution >= 4 is 5.97 Å². The summed E-state index contributed by atoms with van der Waals surface area (Å²) in [7, 11) is 0. The Balaban J connectivity index is 1.91. The van der Waals surface area contributed by atoms with Crippen LogP contribution in [0.15, 0.2) is 0 Å². The Kier molecular flexibility index (Phi) is 5.04. The number of nitrogens with one attached hydrogen (secondary N) is 1. The molecule has 1 N–H and O–H groups in total. The molecule has 1 saturated carbocycles. The maximum Gasteiger partial charge on any atom is 0.326 e. The monoisotopic (exact) mass is 253 g/mol. The van der Waals surface area contributed by atoms with Crippen LogP contribution in [-0.2, 0) is 9.53 Å². The lowest BCUT2D eigenvalue weighted by Gasteiger charge is -2.29. The van der Waals surface area contributed by atoms with Gasteiger partial charge < -0.3 is 10.1 Å². The van der Waals surface area contributed by atoms with E-state index >= 15 is 0 Å². The van der Waals surface area contributed by atoms with Gasteiger partial charge in [0.15, 0.2) is 0 Å². The molecule has 1 atom stereocenters. The number of carbonyl (C=O) groups excluding carboxylic acids is 1. The van der Waals surface area contributed by atoms with Crippen molar-refractivity contribution in [1.29, 1.82) is 0 Å². The fourth-order valence-electron chi connectivity index (χ4n) is 3.35. The SMILES string of the molecule is CCCC1(C(=O)OC2CCCCCC2)CCCN1. The molecule has 1 heterocycles. The van der Waals surface area contributed by atoms with Crippen molar-refractivity contribution in [2.24, 2.45) is 0 Å². The normalized spacial score (nSPS) is 30.1. The van der Waals surface area contributed by atoms with Crippen LogP contribution in [0, 0.1) is 0 Å². The molecule has 0 aromatic rings. The first-order valence-electron chi connectivity index (χ1n) is 7.73. The molecule has 0 radical (unpaired) electrons. The van der Waals surface area contributed by atoms with Gasteiger partial charge in [0.1, 0.15) is 11.6 Å². The molecule has 3 nitrogen and oxygen atoms in total. The van der Waals surface area contributed by atoms with E-state index in [1.165, 1.54) is 25.7 Å². The van der Waals surface area contributed by atoms with Crippen LogP contribution in [0.5, 0.6) is 0 Å². The highest BCUT2D eigenvalue weighted by molar-refractivity contribution is 5.81. The smallest absolute Gasteiger partial charge is 0.326 e. The molecule has 0 aromatic heterocycles. The van der Waals surface area contributed by atoms with Crippen molar-refractivity contribution in [3.05, 3.63) is 0 Å². The second-order valence-corrected chi connectivity index (χ2v) is 5.88. The minimum Gasteiger partial charge on any atom is -0.461 e. The number of hydrogen-bond donors (Lipinski definition) is 1. The molecule has 0 spiro atoms. The zero-order valence-electron chi connectivity index (χ0n) is 11.7. The minimum absolute atomic E-state index is 0.0220. The van der Waals surface area contributed by atoms with E-state index in [0.717, 1.165) is 45.1 Å². The van der Waals surface area contributed by atoms with Crippen molar-refractivity contribution in [2.75, 3.05) is 6.54 Å². The highest BCUT2D eigenvalue weighted by atomic mass is 16.5. The second-order valence-electron chi connectivity index (χ2n) is 5.88. The number of ether oxygens (including phenoxy) is 1. The summed E-state index contributed by atoms with van der Waals surface area (Å²) >= 11 is 0. The van der Waals surface area contributed by atoms with E-state index in [2.05, 4.69) is 12.2 Å². The lowest BCUT2D eigenvalue weighted by molar-refractivity contribution is -0.157. The third kappa shape index (κ3) is 3.25. The van der Waals surface area contributed by atoms with Gasteiger partial charge in [0.05, 0.1) is 0 Å². The molecule has 2 aliphatic rings. The van der Waals surface area contributed by atoms with Crippen molar-refractivity contribution in [3.63, 3.8) is 0 Å². The third-order valence-corrected chi connectivity index (χ3v) is 4.39. The predicted octanol–water partition coefficient (Wildman–Crippen LogP) is 3.17. The summed E-state index contributed by atoms with van der Waals surface area (Å²) in [6.45, 7) is 3.10. The molecule has 104 valence electrons. The summed E-state index contributed by atoms with van der Waals surface area (Å²) in [5.74, 6) is 0.0220. The van der Waals surface area contributed by atoms with Gasteiger partial charge in [0.2, 0.25) is 0 Å². The molecule has 1 saturated heterocycles. The minimum atomic E-state index is -0.360. The van der Waals surface area contributed by atoms with E-state index in [1.807, 2.05) is 0 Å². The average molecular weight is 253 g/mol. The summed E-state index contributed by atoms with van der Waals surface area (Å²) in [5.41, 5.74) is -0.360. The Morgan fingerprint density at radius 2 is 1.94 bits per heavy atom. The highest BCUT2D eigenvalue weighted by Gasteiger charge is 2.42. The molecule has 0 bridgehead atoms. The van der Waals surface area contributed by atoms with Crippen molar-refractivity contribution in [1.82, 2.24) is 5.32 Å². The van der Waals surface area contributed by atoms with Gasteiger partial charge in [-0.1, -0.05) is 26.2 Å². The fourth-order valence-corrected chi connectivity index (χ4v) is 3.35. The maximum absolute atomic E-state index is 12.5. The Morgan fingerprint density at radius 3 is 2.50 bits per heavy atom. The van der Waals surface area contributed by atoms with Crippen LogP contribution < -0.4 is 5.32 Å². The largest absolute Gasteiger partial charge is 0.461 e. The highest BCUT2D eigenvalue weighted by Crippen LogP contribution is 2.28. The van der Waals surface area contributed by atoms with E-state index in [-0.39, 0.29) is 17.6 Å². The van der Waals surface area contributed by atoms with Gasteiger partial charge >= 0.3 is 5.97 Å². The van der Waals surface area contributed by atoms with Gasteiger partial charge in [-0.15, -0.1) is 0 Å². The lowest BCUT2D eigenvalue weighted by atomic mass is 9.92. The summed E-state index contributed by atoms with van der Waals surface area (Å²) in [5, 5.41) is 3.40. The van der Waals surface area contributed by atoms with E-state index in [1.54, 1.807) is 0 Å². The molecular weight excluding hydrogens is 226 g/mol. The Bertz CT molecular complexity index is 264. The Morgan fingerprint density at radius 1 is 1.22 bits per heavy atom. The van der Waals surface area contributed by atoms with E-state index in [9.17, 15) is 4.79 Å². The predicted molar refractivity (Wildman–Crippen MR) is 72.5 cm³/mol. The quantitative estimate of drug-likeness (QED) is 0.618. The number of hydrogen-bond acceptors (Lipinski definition) is 3. The Labute approximate surface area is 111 Å². The van der Waals surface area contributed by atoms with Gasteiger partial charge in [-0.2, -0.15) is 0 Å². The number of carbonyl (C=O) groups is 1. The molecule has 3 heteroatoms. The molecule has 1 unspecified atom stereocenters. The topological polar surface area (TPSA) is 38.3 Å². The Hall–Kier alpha value is -0.570. The first kappa shape index (κ1) is 13.9. The van der Waals surface area contributed by atoms with Crippen LogP contribution in [0.3, 0.4) is 0 Å². The summed E-state index contributed by atoms with van der Waals surface area (Å²) in [6.07, 6.45) is 11.3. The zero-order valence-corrected chi connectivity index (χ0v) is 11.7. The number of esters is 1. The van der Waals surface area contributed by atoms with Crippen LogP contribution in [0.25, 0.3) is 0 Å². The molecule has 1 aliphatic carbocycles.